The molecule has 0 aliphatic heterocycles. The molecule has 0 radical (unpaired) electrons. The van der Waals surface area contributed by atoms with Crippen molar-refractivity contribution < 1.29 is 19.5 Å². The Kier molecular flexibility index (Phi) is 5.94. The molecule has 36 heavy (non-hydrogen) atoms. The Bertz CT molecular complexity index is 1330. The van der Waals surface area contributed by atoms with Crippen LogP contribution in [0.2, 0.25) is 0 Å². The molecule has 8 heteroatoms. The number of hydrogen-bond donors (Lipinski definition) is 1. The van der Waals surface area contributed by atoms with E-state index in [4.69, 9.17) is 0 Å². The van der Waals surface area contributed by atoms with Gasteiger partial charge in [-0.2, -0.15) is 0 Å². The highest BCUT2D eigenvalue weighted by Gasteiger charge is 2.71. The number of aromatic nitrogens is 1. The van der Waals surface area contributed by atoms with E-state index in [1.807, 2.05) is 37.3 Å². The van der Waals surface area contributed by atoms with Crippen molar-refractivity contribution in [3.63, 3.8) is 0 Å². The normalized spacial score (nSPS) is 39.5. The zero-order valence-corrected chi connectivity index (χ0v) is 24.0. The number of hydrogen-bond acceptors (Lipinski definition) is 7. The van der Waals surface area contributed by atoms with Crippen LogP contribution in [0.5, 0.6) is 0 Å². The molecule has 1 heterocycles. The van der Waals surface area contributed by atoms with Crippen LogP contribution in [-0.4, -0.2) is 42.7 Å². The van der Waals surface area contributed by atoms with Gasteiger partial charge in [0.25, 0.3) is 0 Å². The van der Waals surface area contributed by atoms with E-state index in [9.17, 15) is 19.5 Å². The average Bonchev–Trinajstić information content (AvgIpc) is 3.35. The van der Waals surface area contributed by atoms with Crippen LogP contribution < -0.4 is 0 Å². The number of para-hydroxylation sites is 1. The lowest BCUT2D eigenvalue weighted by atomic mass is 9.46. The van der Waals surface area contributed by atoms with Gasteiger partial charge in [-0.1, -0.05) is 72.0 Å². The standard InChI is InChI=1S/C28H28INO4S2/c1-26-10-9-16(31)11-15(26)7-8-17-18-12-22(29)28(34,27(18,2)13-20(32)24(17)26)23(33)14-35-25-30-19-5-3-4-6-21(19)36-25/h3-6,9-11,17-18,22,24,34H,7-8,12-14H2,1-2H3/t17?,18?,22-,24?,26?,27?,28+/m1/s1. The summed E-state index contributed by atoms with van der Waals surface area (Å²) in [5.74, 6) is -0.00350. The molecular weight excluding hydrogens is 605 g/mol. The first-order chi connectivity index (χ1) is 17.1. The molecule has 4 aliphatic rings. The van der Waals surface area contributed by atoms with E-state index in [-0.39, 0.29) is 51.2 Å². The Balaban J connectivity index is 1.28. The molecule has 6 rings (SSSR count). The Morgan fingerprint density at radius 1 is 1.28 bits per heavy atom. The molecule has 188 valence electrons. The zero-order valence-electron chi connectivity index (χ0n) is 20.2. The van der Waals surface area contributed by atoms with E-state index in [0.717, 1.165) is 39.4 Å². The van der Waals surface area contributed by atoms with Crippen LogP contribution in [0.15, 0.2) is 52.4 Å². The smallest absolute Gasteiger partial charge is 0.178 e. The third-order valence-electron chi connectivity index (χ3n) is 9.46. The number of allylic oxidation sites excluding steroid dienone is 4. The lowest BCUT2D eigenvalue weighted by Crippen LogP contribution is -2.62. The first-order valence-electron chi connectivity index (χ1n) is 12.4. The van der Waals surface area contributed by atoms with E-state index >= 15 is 0 Å². The van der Waals surface area contributed by atoms with Crippen LogP contribution in [0, 0.1) is 28.6 Å². The summed E-state index contributed by atoms with van der Waals surface area (Å²) in [6.45, 7) is 4.06. The van der Waals surface area contributed by atoms with Gasteiger partial charge in [0.1, 0.15) is 11.4 Å². The maximum atomic E-state index is 13.8. The molecule has 7 atom stereocenters. The second-order valence-corrected chi connectivity index (χ2v) is 14.9. The summed E-state index contributed by atoms with van der Waals surface area (Å²) >= 11 is 5.18. The Morgan fingerprint density at radius 3 is 2.83 bits per heavy atom. The van der Waals surface area contributed by atoms with Crippen molar-refractivity contribution in [1.82, 2.24) is 4.98 Å². The summed E-state index contributed by atoms with van der Waals surface area (Å²) in [5.41, 5.74) is -0.844. The molecule has 5 unspecified atom stereocenters. The monoisotopic (exact) mass is 633 g/mol. The van der Waals surface area contributed by atoms with E-state index in [0.29, 0.717) is 0 Å². The predicted octanol–water partition coefficient (Wildman–Crippen LogP) is 5.59. The van der Waals surface area contributed by atoms with Crippen molar-refractivity contribution in [2.24, 2.45) is 28.6 Å². The predicted molar refractivity (Wildman–Crippen MR) is 150 cm³/mol. The van der Waals surface area contributed by atoms with Crippen molar-refractivity contribution in [3.8, 4) is 0 Å². The maximum absolute atomic E-state index is 13.8. The number of halogens is 1. The van der Waals surface area contributed by atoms with E-state index in [1.165, 1.54) is 11.8 Å². The number of fused-ring (bicyclic) bond motifs is 6. The van der Waals surface area contributed by atoms with E-state index in [1.54, 1.807) is 23.5 Å². The van der Waals surface area contributed by atoms with Gasteiger partial charge in [0.15, 0.2) is 15.9 Å². The summed E-state index contributed by atoms with van der Waals surface area (Å²) in [6.07, 6.45) is 7.75. The summed E-state index contributed by atoms with van der Waals surface area (Å²) in [4.78, 5) is 44.2. The molecule has 1 aromatic heterocycles. The number of carbonyl (C=O) groups excluding carboxylic acids is 3. The van der Waals surface area contributed by atoms with Gasteiger partial charge in [-0.25, -0.2) is 4.98 Å². The first-order valence-corrected chi connectivity index (χ1v) is 15.5. The lowest BCUT2D eigenvalue weighted by molar-refractivity contribution is -0.164. The maximum Gasteiger partial charge on any atom is 0.178 e. The van der Waals surface area contributed by atoms with Gasteiger partial charge in [0, 0.05) is 27.1 Å². The minimum absolute atomic E-state index is 0.00665. The Morgan fingerprint density at radius 2 is 2.06 bits per heavy atom. The van der Waals surface area contributed by atoms with Gasteiger partial charge < -0.3 is 5.11 Å². The molecule has 0 amide bonds. The van der Waals surface area contributed by atoms with Crippen LogP contribution in [0.4, 0.5) is 0 Å². The van der Waals surface area contributed by atoms with Crippen LogP contribution in [0.25, 0.3) is 10.2 Å². The number of ketones is 3. The summed E-state index contributed by atoms with van der Waals surface area (Å²) in [7, 11) is 0. The molecule has 1 N–H and O–H groups in total. The van der Waals surface area contributed by atoms with Gasteiger partial charge >= 0.3 is 0 Å². The van der Waals surface area contributed by atoms with Crippen molar-refractivity contribution in [3.05, 3.63) is 48.1 Å². The number of Topliss-reactive ketones (excluding diaryl/α,β-unsaturated/α-hetero) is 2. The van der Waals surface area contributed by atoms with E-state index < -0.39 is 16.4 Å². The third-order valence-corrected chi connectivity index (χ3v) is 13.0. The minimum Gasteiger partial charge on any atom is -0.380 e. The largest absolute Gasteiger partial charge is 0.380 e. The number of aliphatic hydroxyl groups is 1. The van der Waals surface area contributed by atoms with Gasteiger partial charge in [-0.3, -0.25) is 14.4 Å². The van der Waals surface area contributed by atoms with Crippen LogP contribution in [0.3, 0.4) is 0 Å². The van der Waals surface area contributed by atoms with Crippen molar-refractivity contribution in [2.45, 2.75) is 53.4 Å². The highest BCUT2D eigenvalue weighted by Crippen LogP contribution is 2.67. The summed E-state index contributed by atoms with van der Waals surface area (Å²) in [5, 5.41) is 12.1. The van der Waals surface area contributed by atoms with Gasteiger partial charge in [-0.15, -0.1) is 11.3 Å². The number of benzene rings is 1. The molecule has 5 nitrogen and oxygen atoms in total. The number of thiazole rings is 1. The van der Waals surface area contributed by atoms with Crippen LogP contribution in [0.1, 0.15) is 39.5 Å². The summed E-state index contributed by atoms with van der Waals surface area (Å²) < 4.78 is 1.64. The number of thioether (sulfide) groups is 1. The highest BCUT2D eigenvalue weighted by atomic mass is 127. The quantitative estimate of drug-likeness (QED) is 0.269. The molecule has 3 fully saturated rings. The fourth-order valence-electron chi connectivity index (χ4n) is 7.65. The minimum atomic E-state index is -1.56. The second kappa shape index (κ2) is 8.58. The van der Waals surface area contributed by atoms with Gasteiger partial charge in [0.2, 0.25) is 0 Å². The molecular formula is C28H28INO4S2. The summed E-state index contributed by atoms with van der Waals surface area (Å²) in [6, 6.07) is 7.90. The van der Waals surface area contributed by atoms with Gasteiger partial charge in [0.05, 0.1) is 16.0 Å². The zero-order chi connectivity index (χ0) is 25.5. The van der Waals surface area contributed by atoms with E-state index in [2.05, 4.69) is 34.5 Å². The highest BCUT2D eigenvalue weighted by molar-refractivity contribution is 14.1. The fraction of sp³-hybridized carbons (Fsp3) is 0.500. The second-order valence-electron chi connectivity index (χ2n) is 11.2. The van der Waals surface area contributed by atoms with Gasteiger partial charge in [-0.05, 0) is 55.4 Å². The van der Waals surface area contributed by atoms with Crippen molar-refractivity contribution >= 4 is 73.3 Å². The number of alkyl halides is 1. The lowest BCUT2D eigenvalue weighted by Gasteiger charge is -2.56. The Labute approximate surface area is 232 Å². The fourth-order valence-corrected chi connectivity index (χ4v) is 11.3. The first kappa shape index (κ1) is 24.9. The van der Waals surface area contributed by atoms with Crippen molar-refractivity contribution in [2.75, 3.05) is 5.75 Å². The number of rotatable bonds is 4. The van der Waals surface area contributed by atoms with Crippen molar-refractivity contribution in [1.29, 1.82) is 0 Å². The SMILES string of the molecule is CC12C=CC(=O)C=C1CCC1C2C(=O)CC2(C)C1C[C@@H](I)[C@]2(O)C(=O)CSc1nc2ccccc2s1. The number of nitrogens with zero attached hydrogens (tertiary/aromatic N) is 1. The molecule has 0 bridgehead atoms. The molecule has 2 aromatic rings. The molecule has 4 aliphatic carbocycles. The molecule has 3 saturated carbocycles. The number of carbonyl (C=O) groups is 3. The van der Waals surface area contributed by atoms with Crippen LogP contribution >= 0.6 is 45.7 Å². The molecule has 1 aromatic carbocycles. The van der Waals surface area contributed by atoms with Crippen LogP contribution in [-0.2, 0) is 14.4 Å². The Hall–Kier alpha value is -1.36. The third kappa shape index (κ3) is 3.43. The topological polar surface area (TPSA) is 84.3 Å². The molecule has 0 saturated heterocycles. The molecule has 0 spiro atoms. The average molecular weight is 634 g/mol.